The molecule has 0 radical (unpaired) electrons. The molecule has 0 rings (SSSR count). The van der Waals surface area contributed by atoms with E-state index in [0.717, 1.165) is 5.92 Å². The molecule has 0 aromatic rings. The zero-order chi connectivity index (χ0) is 8.69. The zero-order valence-corrected chi connectivity index (χ0v) is 8.48. The van der Waals surface area contributed by atoms with E-state index in [4.69, 9.17) is 0 Å². The molecule has 0 aliphatic heterocycles. The van der Waals surface area contributed by atoms with Gasteiger partial charge in [0.05, 0.1) is 0 Å². The molecule has 0 aliphatic rings. The molecule has 0 fully saturated rings. The Hall–Kier alpha value is -0.260. The molecule has 0 bridgehead atoms. The van der Waals surface area contributed by atoms with E-state index >= 15 is 0 Å². The molecular formula is C11H22. The van der Waals surface area contributed by atoms with Crippen molar-refractivity contribution < 1.29 is 0 Å². The Balaban J connectivity index is 3.27. The van der Waals surface area contributed by atoms with Crippen molar-refractivity contribution in [2.45, 2.75) is 53.4 Å². The van der Waals surface area contributed by atoms with Crippen LogP contribution in [0, 0.1) is 5.92 Å². The van der Waals surface area contributed by atoms with E-state index in [2.05, 4.69) is 33.8 Å². The van der Waals surface area contributed by atoms with Gasteiger partial charge < -0.3 is 0 Å². The maximum Gasteiger partial charge on any atom is -0.0323 e. The summed E-state index contributed by atoms with van der Waals surface area (Å²) < 4.78 is 0. The van der Waals surface area contributed by atoms with Crippen molar-refractivity contribution in [3.63, 3.8) is 0 Å². The average Bonchev–Trinajstić information content (AvgIpc) is 2.04. The lowest BCUT2D eigenvalue weighted by molar-refractivity contribution is 0.495. The Morgan fingerprint density at radius 3 is 2.55 bits per heavy atom. The van der Waals surface area contributed by atoms with E-state index in [9.17, 15) is 0 Å². The second-order valence-corrected chi connectivity index (χ2v) is 3.54. The second kappa shape index (κ2) is 6.45. The molecule has 0 saturated heterocycles. The first kappa shape index (κ1) is 10.7. The van der Waals surface area contributed by atoms with Gasteiger partial charge in [-0.3, -0.25) is 0 Å². The van der Waals surface area contributed by atoms with E-state index in [1.165, 1.54) is 31.3 Å². The van der Waals surface area contributed by atoms with Crippen LogP contribution < -0.4 is 0 Å². The molecule has 0 aromatic carbocycles. The van der Waals surface area contributed by atoms with E-state index in [1.54, 1.807) is 0 Å². The van der Waals surface area contributed by atoms with E-state index in [-0.39, 0.29) is 0 Å². The van der Waals surface area contributed by atoms with Crippen LogP contribution in [0.25, 0.3) is 0 Å². The fourth-order valence-corrected chi connectivity index (χ4v) is 1.08. The third kappa shape index (κ3) is 6.15. The minimum absolute atomic E-state index is 0.916. The highest BCUT2D eigenvalue weighted by Gasteiger charge is 1.97. The van der Waals surface area contributed by atoms with Crippen molar-refractivity contribution in [3.05, 3.63) is 11.6 Å². The normalized spacial score (nSPS) is 15.1. The van der Waals surface area contributed by atoms with Gasteiger partial charge >= 0.3 is 0 Å². The third-order valence-corrected chi connectivity index (χ3v) is 2.46. The summed E-state index contributed by atoms with van der Waals surface area (Å²) in [5, 5.41) is 0. The highest BCUT2D eigenvalue weighted by Crippen LogP contribution is 2.13. The zero-order valence-electron chi connectivity index (χ0n) is 8.48. The smallest absolute Gasteiger partial charge is 0.0323 e. The Bertz CT molecular complexity index is 111. The predicted molar refractivity (Wildman–Crippen MR) is 52.7 cm³/mol. The summed E-state index contributed by atoms with van der Waals surface area (Å²) in [4.78, 5) is 0. The first-order chi connectivity index (χ1) is 5.20. The lowest BCUT2D eigenvalue weighted by atomic mass is 10.00. The molecule has 0 spiro atoms. The van der Waals surface area contributed by atoms with Crippen LogP contribution >= 0.6 is 0 Å². The molecule has 1 atom stereocenters. The van der Waals surface area contributed by atoms with Crippen molar-refractivity contribution in [1.82, 2.24) is 0 Å². The quantitative estimate of drug-likeness (QED) is 0.521. The minimum atomic E-state index is 0.916. The van der Waals surface area contributed by atoms with Gasteiger partial charge in [-0.25, -0.2) is 0 Å². The van der Waals surface area contributed by atoms with Gasteiger partial charge in [0.25, 0.3) is 0 Å². The Labute approximate surface area is 71.7 Å². The summed E-state index contributed by atoms with van der Waals surface area (Å²) >= 11 is 0. The van der Waals surface area contributed by atoms with Crippen LogP contribution in [-0.4, -0.2) is 0 Å². The van der Waals surface area contributed by atoms with Gasteiger partial charge in [-0.2, -0.15) is 0 Å². The minimum Gasteiger partial charge on any atom is -0.0887 e. The summed E-state index contributed by atoms with van der Waals surface area (Å²) in [5.41, 5.74) is 1.54. The number of allylic oxidation sites excluding steroid dienone is 2. The van der Waals surface area contributed by atoms with Crippen molar-refractivity contribution >= 4 is 0 Å². The van der Waals surface area contributed by atoms with Gasteiger partial charge in [0.2, 0.25) is 0 Å². The molecule has 0 saturated carbocycles. The molecule has 0 heteroatoms. The fourth-order valence-electron chi connectivity index (χ4n) is 1.08. The van der Waals surface area contributed by atoms with Crippen molar-refractivity contribution in [2.75, 3.05) is 0 Å². The standard InChI is InChI=1S/C11H22/c1-5-10(3)8-7-9-11(4)6-2/h5,11H,6-9H2,1-4H3. The molecule has 66 valence electrons. The summed E-state index contributed by atoms with van der Waals surface area (Å²) in [6.45, 7) is 8.95. The molecular weight excluding hydrogens is 132 g/mol. The molecule has 0 heterocycles. The molecule has 0 aliphatic carbocycles. The maximum atomic E-state index is 2.34. The molecule has 1 unspecified atom stereocenters. The molecule has 0 aromatic heterocycles. The number of rotatable bonds is 5. The molecule has 0 amide bonds. The fraction of sp³-hybridized carbons (Fsp3) is 0.818. The van der Waals surface area contributed by atoms with Crippen molar-refractivity contribution in [1.29, 1.82) is 0 Å². The summed E-state index contributed by atoms with van der Waals surface area (Å²) in [5.74, 6) is 0.916. The van der Waals surface area contributed by atoms with Crippen LogP contribution in [0.4, 0.5) is 0 Å². The van der Waals surface area contributed by atoms with Crippen LogP contribution in [0.5, 0.6) is 0 Å². The summed E-state index contributed by atoms with van der Waals surface area (Å²) in [6, 6.07) is 0. The largest absolute Gasteiger partial charge is 0.0887 e. The van der Waals surface area contributed by atoms with E-state index in [0.29, 0.717) is 0 Å². The number of hydrogen-bond donors (Lipinski definition) is 0. The van der Waals surface area contributed by atoms with Crippen LogP contribution in [0.3, 0.4) is 0 Å². The van der Waals surface area contributed by atoms with E-state index in [1.807, 2.05) is 0 Å². The Kier molecular flexibility index (Phi) is 6.30. The highest BCUT2D eigenvalue weighted by molar-refractivity contribution is 4.94. The van der Waals surface area contributed by atoms with Gasteiger partial charge in [-0.1, -0.05) is 38.3 Å². The first-order valence-electron chi connectivity index (χ1n) is 4.82. The highest BCUT2D eigenvalue weighted by atomic mass is 14.0. The van der Waals surface area contributed by atoms with Crippen LogP contribution in [0.1, 0.15) is 53.4 Å². The topological polar surface area (TPSA) is 0 Å². The first-order valence-corrected chi connectivity index (χ1v) is 4.82. The lowest BCUT2D eigenvalue weighted by Gasteiger charge is -2.07. The van der Waals surface area contributed by atoms with Crippen molar-refractivity contribution in [2.24, 2.45) is 5.92 Å². The molecule has 11 heavy (non-hydrogen) atoms. The van der Waals surface area contributed by atoms with Gasteiger partial charge in [0.15, 0.2) is 0 Å². The van der Waals surface area contributed by atoms with Crippen molar-refractivity contribution in [3.8, 4) is 0 Å². The van der Waals surface area contributed by atoms with Gasteiger partial charge in [0.1, 0.15) is 0 Å². The second-order valence-electron chi connectivity index (χ2n) is 3.54. The monoisotopic (exact) mass is 154 g/mol. The van der Waals surface area contributed by atoms with Crippen LogP contribution in [0.15, 0.2) is 11.6 Å². The summed E-state index contributed by atoms with van der Waals surface area (Å²) in [6.07, 6.45) is 7.60. The van der Waals surface area contributed by atoms with E-state index < -0.39 is 0 Å². The third-order valence-electron chi connectivity index (χ3n) is 2.46. The number of hydrogen-bond acceptors (Lipinski definition) is 0. The Morgan fingerprint density at radius 1 is 1.45 bits per heavy atom. The SMILES string of the molecule is CC=C(C)CCCC(C)CC. The summed E-state index contributed by atoms with van der Waals surface area (Å²) in [7, 11) is 0. The van der Waals surface area contributed by atoms with Gasteiger partial charge in [0, 0.05) is 0 Å². The molecule has 0 nitrogen and oxygen atoms in total. The van der Waals surface area contributed by atoms with Crippen LogP contribution in [-0.2, 0) is 0 Å². The predicted octanol–water partition coefficient (Wildman–Crippen LogP) is 4.17. The molecule has 0 N–H and O–H groups in total. The Morgan fingerprint density at radius 2 is 2.09 bits per heavy atom. The maximum absolute atomic E-state index is 2.34. The van der Waals surface area contributed by atoms with Gasteiger partial charge in [-0.15, -0.1) is 0 Å². The lowest BCUT2D eigenvalue weighted by Crippen LogP contribution is -1.91. The van der Waals surface area contributed by atoms with Crippen LogP contribution in [0.2, 0.25) is 0 Å². The van der Waals surface area contributed by atoms with Gasteiger partial charge in [-0.05, 0) is 32.6 Å². The average molecular weight is 154 g/mol.